The van der Waals surface area contributed by atoms with Gasteiger partial charge in [-0.15, -0.1) is 0 Å². The number of rotatable bonds is 61. The van der Waals surface area contributed by atoms with Crippen LogP contribution in [0.4, 0.5) is 0 Å². The van der Waals surface area contributed by atoms with E-state index in [1.807, 2.05) is 6.08 Å². The SMILES string of the molecule is CCCC/C=C\CCCCCCCC(=O)OCCCCCCCCCCC/C=C\C/C=C\CCCCCCCCCCCCCCCCCCCC(=O)NC(CO)C(O)/C=C/CCCCCCCCCCCCC. The van der Waals surface area contributed by atoms with Crippen LogP contribution in [0.25, 0.3) is 0 Å². The van der Waals surface area contributed by atoms with Gasteiger partial charge in [-0.2, -0.15) is 0 Å². The topological polar surface area (TPSA) is 95.9 Å². The lowest BCUT2D eigenvalue weighted by Gasteiger charge is -2.20. The van der Waals surface area contributed by atoms with Gasteiger partial charge in [0, 0.05) is 12.8 Å². The molecule has 0 saturated carbocycles. The number of ether oxygens (including phenoxy) is 1. The van der Waals surface area contributed by atoms with Gasteiger partial charge in [-0.05, 0) is 83.5 Å². The van der Waals surface area contributed by atoms with E-state index in [0.29, 0.717) is 19.4 Å². The van der Waals surface area contributed by atoms with Crippen molar-refractivity contribution in [2.45, 2.75) is 360 Å². The average Bonchev–Trinajstić information content (AvgIpc) is 3.40. The highest BCUT2D eigenvalue weighted by atomic mass is 16.5. The Bertz CT molecular complexity index is 1240. The molecule has 2 unspecified atom stereocenters. The van der Waals surface area contributed by atoms with Crippen molar-refractivity contribution in [3.05, 3.63) is 48.6 Å². The molecule has 0 radical (unpaired) electrons. The van der Waals surface area contributed by atoms with Gasteiger partial charge in [-0.1, -0.05) is 300 Å². The Morgan fingerprint density at radius 3 is 1.08 bits per heavy atom. The van der Waals surface area contributed by atoms with E-state index in [4.69, 9.17) is 4.74 Å². The van der Waals surface area contributed by atoms with Gasteiger partial charge in [0.1, 0.15) is 0 Å². The second-order valence-electron chi connectivity index (χ2n) is 22.4. The largest absolute Gasteiger partial charge is 0.466 e. The van der Waals surface area contributed by atoms with E-state index in [9.17, 15) is 19.8 Å². The Hall–Kier alpha value is -2.18. The predicted molar refractivity (Wildman–Crippen MR) is 324 cm³/mol. The molecular weight excluding hydrogens is 911 g/mol. The van der Waals surface area contributed by atoms with E-state index in [1.54, 1.807) is 6.08 Å². The highest BCUT2D eigenvalue weighted by molar-refractivity contribution is 5.76. The fourth-order valence-electron chi connectivity index (χ4n) is 10.00. The van der Waals surface area contributed by atoms with Crippen molar-refractivity contribution >= 4 is 11.9 Å². The Kier molecular flexibility index (Phi) is 61.5. The summed E-state index contributed by atoms with van der Waals surface area (Å²) in [5, 5.41) is 23.1. The first-order chi connectivity index (χ1) is 36.5. The molecule has 0 saturated heterocycles. The number of esters is 1. The third-order valence-corrected chi connectivity index (χ3v) is 15.1. The highest BCUT2D eigenvalue weighted by Gasteiger charge is 2.18. The summed E-state index contributed by atoms with van der Waals surface area (Å²) >= 11 is 0. The molecule has 0 heterocycles. The number of hydrogen-bond donors (Lipinski definition) is 3. The lowest BCUT2D eigenvalue weighted by Crippen LogP contribution is -2.45. The van der Waals surface area contributed by atoms with Gasteiger partial charge in [0.25, 0.3) is 0 Å². The van der Waals surface area contributed by atoms with Gasteiger partial charge < -0.3 is 20.3 Å². The molecule has 2 atom stereocenters. The number of hydrogen-bond acceptors (Lipinski definition) is 5. The smallest absolute Gasteiger partial charge is 0.305 e. The van der Waals surface area contributed by atoms with Crippen LogP contribution >= 0.6 is 0 Å². The van der Waals surface area contributed by atoms with E-state index in [1.165, 1.54) is 270 Å². The molecule has 434 valence electrons. The van der Waals surface area contributed by atoms with Crippen molar-refractivity contribution in [2.75, 3.05) is 13.2 Å². The molecule has 0 aliphatic carbocycles. The predicted octanol–water partition coefficient (Wildman–Crippen LogP) is 20.9. The quantitative estimate of drug-likeness (QED) is 0.0320. The van der Waals surface area contributed by atoms with Crippen LogP contribution in [0.1, 0.15) is 348 Å². The summed E-state index contributed by atoms with van der Waals surface area (Å²) in [6, 6.07) is -0.626. The number of unbranched alkanes of at least 4 members (excludes halogenated alkanes) is 44. The zero-order valence-corrected chi connectivity index (χ0v) is 49.6. The summed E-state index contributed by atoms with van der Waals surface area (Å²) in [7, 11) is 0. The molecule has 0 bridgehead atoms. The minimum Gasteiger partial charge on any atom is -0.466 e. The van der Waals surface area contributed by atoms with Gasteiger partial charge in [-0.25, -0.2) is 0 Å². The van der Waals surface area contributed by atoms with Gasteiger partial charge in [0.05, 0.1) is 25.4 Å². The molecule has 1 amide bonds. The van der Waals surface area contributed by atoms with Gasteiger partial charge >= 0.3 is 5.97 Å². The van der Waals surface area contributed by atoms with Crippen LogP contribution in [0.5, 0.6) is 0 Å². The van der Waals surface area contributed by atoms with Gasteiger partial charge in [0.15, 0.2) is 0 Å². The molecule has 3 N–H and O–H groups in total. The molecule has 0 rings (SSSR count). The van der Waals surface area contributed by atoms with E-state index >= 15 is 0 Å². The van der Waals surface area contributed by atoms with Crippen molar-refractivity contribution in [3.8, 4) is 0 Å². The Labute approximate surface area is 461 Å². The second-order valence-corrected chi connectivity index (χ2v) is 22.4. The number of allylic oxidation sites excluding steroid dienone is 7. The summed E-state index contributed by atoms with van der Waals surface area (Å²) in [5.41, 5.74) is 0. The standard InChI is InChI=1S/C68H127NO5/c1-3-5-7-9-11-13-15-37-41-44-48-52-56-60-66(71)65(64-70)69-67(72)61-57-53-49-45-42-38-35-33-31-29-27-25-23-21-19-17-16-18-20-22-24-26-28-30-32-34-36-39-43-47-51-55-59-63-74-68(73)62-58-54-50-46-40-14-12-10-8-6-4-2/h10,12,20,22,26,28,56,60,65-66,70-71H,3-9,11,13-19,21,23-25,27,29-55,57-59,61-64H2,1-2H3,(H,69,72)/b12-10-,22-20-,28-26-,60-56+. The van der Waals surface area contributed by atoms with Gasteiger partial charge in [0.2, 0.25) is 5.91 Å². The molecule has 6 heteroatoms. The number of carbonyl (C=O) groups excluding carboxylic acids is 2. The summed E-state index contributed by atoms with van der Waals surface area (Å²) in [5.74, 6) is -0.0631. The maximum atomic E-state index is 12.5. The van der Waals surface area contributed by atoms with Crippen LogP contribution in [0.3, 0.4) is 0 Å². The first-order valence-electron chi connectivity index (χ1n) is 32.9. The fraction of sp³-hybridized carbons (Fsp3) is 0.853. The van der Waals surface area contributed by atoms with E-state index < -0.39 is 12.1 Å². The summed E-state index contributed by atoms with van der Waals surface area (Å²) in [6.07, 6.45) is 81.8. The second kappa shape index (κ2) is 63.4. The Morgan fingerprint density at radius 2 is 0.689 bits per heavy atom. The summed E-state index contributed by atoms with van der Waals surface area (Å²) in [4.78, 5) is 24.4. The third kappa shape index (κ3) is 59.1. The molecule has 0 spiro atoms. The van der Waals surface area contributed by atoms with Crippen molar-refractivity contribution in [1.82, 2.24) is 5.32 Å². The number of aliphatic hydroxyl groups is 2. The third-order valence-electron chi connectivity index (χ3n) is 15.1. The van der Waals surface area contributed by atoms with Crippen LogP contribution in [0.15, 0.2) is 48.6 Å². The molecule has 0 aliphatic heterocycles. The maximum absolute atomic E-state index is 12.5. The molecular formula is C68H127NO5. The van der Waals surface area contributed by atoms with Crippen molar-refractivity contribution in [2.24, 2.45) is 0 Å². The number of aliphatic hydroxyl groups excluding tert-OH is 2. The van der Waals surface area contributed by atoms with Gasteiger partial charge in [-0.3, -0.25) is 9.59 Å². The number of amides is 1. The van der Waals surface area contributed by atoms with Crippen LogP contribution in [-0.2, 0) is 14.3 Å². The molecule has 6 nitrogen and oxygen atoms in total. The Morgan fingerprint density at radius 1 is 0.378 bits per heavy atom. The Balaban J connectivity index is 3.39. The first-order valence-corrected chi connectivity index (χ1v) is 32.9. The fourth-order valence-corrected chi connectivity index (χ4v) is 10.00. The number of nitrogens with one attached hydrogen (secondary N) is 1. The normalized spacial score (nSPS) is 12.9. The molecule has 0 aliphatic rings. The minimum absolute atomic E-state index is 0.00250. The monoisotopic (exact) mass is 1040 g/mol. The molecule has 0 aromatic rings. The van der Waals surface area contributed by atoms with Crippen molar-refractivity contribution in [3.63, 3.8) is 0 Å². The molecule has 0 fully saturated rings. The van der Waals surface area contributed by atoms with Crippen LogP contribution in [0.2, 0.25) is 0 Å². The zero-order chi connectivity index (χ0) is 53.6. The van der Waals surface area contributed by atoms with Crippen molar-refractivity contribution < 1.29 is 24.5 Å². The van der Waals surface area contributed by atoms with E-state index in [-0.39, 0.29) is 18.5 Å². The maximum Gasteiger partial charge on any atom is 0.305 e. The lowest BCUT2D eigenvalue weighted by atomic mass is 10.0. The summed E-state index contributed by atoms with van der Waals surface area (Å²) in [6.45, 7) is 4.87. The lowest BCUT2D eigenvalue weighted by molar-refractivity contribution is -0.143. The zero-order valence-electron chi connectivity index (χ0n) is 49.6. The highest BCUT2D eigenvalue weighted by Crippen LogP contribution is 2.17. The summed E-state index contributed by atoms with van der Waals surface area (Å²) < 4.78 is 5.46. The van der Waals surface area contributed by atoms with E-state index in [0.717, 1.165) is 51.4 Å². The molecule has 0 aromatic heterocycles. The van der Waals surface area contributed by atoms with Crippen LogP contribution in [-0.4, -0.2) is 47.4 Å². The number of carbonyl (C=O) groups is 2. The first kappa shape index (κ1) is 71.8. The molecule has 74 heavy (non-hydrogen) atoms. The van der Waals surface area contributed by atoms with Crippen LogP contribution < -0.4 is 5.32 Å². The van der Waals surface area contributed by atoms with E-state index in [2.05, 4.69) is 55.6 Å². The van der Waals surface area contributed by atoms with Crippen LogP contribution in [0, 0.1) is 0 Å². The van der Waals surface area contributed by atoms with Crippen molar-refractivity contribution in [1.29, 1.82) is 0 Å². The minimum atomic E-state index is -0.843. The average molecular weight is 1040 g/mol. The molecule has 0 aromatic carbocycles.